The normalized spacial score (nSPS) is 13.7. The maximum atomic E-state index is 12.9. The van der Waals surface area contributed by atoms with Crippen molar-refractivity contribution < 1.29 is 13.2 Å². The fourth-order valence-corrected chi connectivity index (χ4v) is 5.08. The van der Waals surface area contributed by atoms with Crippen LogP contribution in [0.4, 0.5) is 11.5 Å². The molecule has 1 aliphatic rings. The van der Waals surface area contributed by atoms with Gasteiger partial charge in [-0.1, -0.05) is 29.3 Å². The Morgan fingerprint density at radius 1 is 1.16 bits per heavy atom. The smallest absolute Gasteiger partial charge is 0.256 e. The lowest BCUT2D eigenvalue weighted by Crippen LogP contribution is -2.34. The van der Waals surface area contributed by atoms with Crippen molar-refractivity contribution in [2.75, 3.05) is 22.4 Å². The van der Waals surface area contributed by atoms with Crippen LogP contribution in [-0.4, -0.2) is 36.9 Å². The summed E-state index contributed by atoms with van der Waals surface area (Å²) in [6, 6.07) is 12.0. The van der Waals surface area contributed by atoms with Crippen LogP contribution in [0.3, 0.4) is 0 Å². The predicted octanol–water partition coefficient (Wildman–Crippen LogP) is 4.20. The molecular weight excluding hydrogens is 459 g/mol. The van der Waals surface area contributed by atoms with E-state index in [1.807, 2.05) is 6.07 Å². The van der Waals surface area contributed by atoms with Crippen LogP contribution in [-0.2, 0) is 23.0 Å². The summed E-state index contributed by atoms with van der Waals surface area (Å²) < 4.78 is 27.1. The Kier molecular flexibility index (Phi) is 5.96. The summed E-state index contributed by atoms with van der Waals surface area (Å²) in [4.78, 5) is 12.9. The van der Waals surface area contributed by atoms with Gasteiger partial charge in [-0.05, 0) is 54.3 Å². The Labute approximate surface area is 190 Å². The van der Waals surface area contributed by atoms with Crippen molar-refractivity contribution in [2.45, 2.75) is 19.4 Å². The maximum Gasteiger partial charge on any atom is 0.256 e. The fraction of sp³-hybridized carbons (Fsp3) is 0.238. The number of hydrogen-bond acceptors (Lipinski definition) is 4. The molecule has 1 aromatic heterocycles. The molecule has 10 heteroatoms. The number of amides is 1. The number of hydrogen-bond donors (Lipinski definition) is 1. The number of rotatable bonds is 5. The lowest BCUT2D eigenvalue weighted by Gasteiger charge is -2.29. The highest BCUT2D eigenvalue weighted by Crippen LogP contribution is 2.30. The molecule has 0 bridgehead atoms. The summed E-state index contributed by atoms with van der Waals surface area (Å²) in [5.41, 5.74) is 2.74. The van der Waals surface area contributed by atoms with E-state index in [0.717, 1.165) is 17.5 Å². The van der Waals surface area contributed by atoms with Crippen molar-refractivity contribution >= 4 is 50.6 Å². The molecule has 1 aliphatic heterocycles. The Hall–Kier alpha value is -2.55. The number of carbonyl (C=O) groups is 1. The van der Waals surface area contributed by atoms with Crippen molar-refractivity contribution in [1.82, 2.24) is 9.78 Å². The molecule has 31 heavy (non-hydrogen) atoms. The van der Waals surface area contributed by atoms with Gasteiger partial charge in [-0.2, -0.15) is 5.10 Å². The zero-order valence-corrected chi connectivity index (χ0v) is 19.0. The minimum atomic E-state index is -3.35. The monoisotopic (exact) mass is 478 g/mol. The summed E-state index contributed by atoms with van der Waals surface area (Å²) in [6.07, 6.45) is 4.21. The molecule has 0 fully saturated rings. The largest absolute Gasteiger partial charge is 0.307 e. The van der Waals surface area contributed by atoms with Gasteiger partial charge in [0, 0.05) is 28.2 Å². The van der Waals surface area contributed by atoms with Crippen molar-refractivity contribution in [3.63, 3.8) is 0 Å². The van der Waals surface area contributed by atoms with E-state index in [9.17, 15) is 13.2 Å². The molecule has 0 saturated carbocycles. The number of anilines is 2. The summed E-state index contributed by atoms with van der Waals surface area (Å²) in [6.45, 7) is 0.815. The second kappa shape index (κ2) is 8.53. The highest BCUT2D eigenvalue weighted by atomic mass is 35.5. The topological polar surface area (TPSA) is 84.3 Å². The quantitative estimate of drug-likeness (QED) is 0.595. The van der Waals surface area contributed by atoms with Gasteiger partial charge in [0.1, 0.15) is 5.82 Å². The van der Waals surface area contributed by atoms with Gasteiger partial charge < -0.3 is 5.32 Å². The number of benzene rings is 2. The number of aryl methyl sites for hydroxylation is 1. The molecule has 0 unspecified atom stereocenters. The van der Waals surface area contributed by atoms with E-state index in [1.165, 1.54) is 10.6 Å². The van der Waals surface area contributed by atoms with Gasteiger partial charge in [-0.15, -0.1) is 0 Å². The molecule has 162 valence electrons. The van der Waals surface area contributed by atoms with Crippen molar-refractivity contribution in [1.29, 1.82) is 0 Å². The molecule has 0 spiro atoms. The van der Waals surface area contributed by atoms with E-state index in [2.05, 4.69) is 10.4 Å². The number of halogens is 2. The summed E-state index contributed by atoms with van der Waals surface area (Å²) in [7, 11) is -3.35. The average molecular weight is 479 g/mol. The van der Waals surface area contributed by atoms with Gasteiger partial charge >= 0.3 is 0 Å². The van der Waals surface area contributed by atoms with Crippen LogP contribution in [0.25, 0.3) is 0 Å². The molecule has 0 atom stereocenters. The predicted molar refractivity (Wildman–Crippen MR) is 123 cm³/mol. The SMILES string of the molecule is CS(=O)(=O)N1CCCc2cc(C(=O)Nc3ccnn3Cc3ccc(Cl)cc3Cl)ccc21. The fourth-order valence-electron chi connectivity index (χ4n) is 3.61. The molecule has 4 rings (SSSR count). The molecule has 7 nitrogen and oxygen atoms in total. The van der Waals surface area contributed by atoms with E-state index in [1.54, 1.807) is 47.3 Å². The van der Waals surface area contributed by atoms with Crippen LogP contribution < -0.4 is 9.62 Å². The van der Waals surface area contributed by atoms with E-state index in [4.69, 9.17) is 23.2 Å². The first-order valence-electron chi connectivity index (χ1n) is 9.60. The highest BCUT2D eigenvalue weighted by Gasteiger charge is 2.25. The van der Waals surface area contributed by atoms with Crippen molar-refractivity contribution in [3.8, 4) is 0 Å². The summed E-state index contributed by atoms with van der Waals surface area (Å²) >= 11 is 12.2. The van der Waals surface area contributed by atoms with Gasteiger partial charge in [0.15, 0.2) is 0 Å². The second-order valence-corrected chi connectivity index (χ2v) is 10.1. The van der Waals surface area contributed by atoms with Crippen LogP contribution in [0.1, 0.15) is 27.9 Å². The van der Waals surface area contributed by atoms with Gasteiger partial charge in [-0.25, -0.2) is 13.1 Å². The third-order valence-corrected chi connectivity index (χ3v) is 6.88. The third kappa shape index (κ3) is 4.71. The van der Waals surface area contributed by atoms with Gasteiger partial charge in [0.25, 0.3) is 5.91 Å². The highest BCUT2D eigenvalue weighted by molar-refractivity contribution is 7.92. The molecule has 0 radical (unpaired) electrons. The Morgan fingerprint density at radius 2 is 1.97 bits per heavy atom. The number of sulfonamides is 1. The molecule has 2 aromatic carbocycles. The average Bonchev–Trinajstić information content (AvgIpc) is 3.15. The molecule has 3 aromatic rings. The van der Waals surface area contributed by atoms with E-state index < -0.39 is 10.0 Å². The number of carbonyl (C=O) groups excluding carboxylic acids is 1. The number of nitrogens with one attached hydrogen (secondary N) is 1. The molecular formula is C21H20Cl2N4O3S. The maximum absolute atomic E-state index is 12.9. The number of nitrogens with zero attached hydrogens (tertiary/aromatic N) is 3. The first-order valence-corrected chi connectivity index (χ1v) is 12.2. The zero-order valence-electron chi connectivity index (χ0n) is 16.7. The molecule has 1 N–H and O–H groups in total. The van der Waals surface area contributed by atoms with Crippen LogP contribution in [0.15, 0.2) is 48.7 Å². The van der Waals surface area contributed by atoms with Gasteiger partial charge in [-0.3, -0.25) is 9.10 Å². The Bertz CT molecular complexity index is 1260. The summed E-state index contributed by atoms with van der Waals surface area (Å²) in [5, 5.41) is 8.20. The number of fused-ring (bicyclic) bond motifs is 1. The first kappa shape index (κ1) is 21.7. The molecule has 0 aliphatic carbocycles. The molecule has 2 heterocycles. The number of aromatic nitrogens is 2. The Balaban J connectivity index is 1.54. The first-order chi connectivity index (χ1) is 14.7. The van der Waals surface area contributed by atoms with Gasteiger partial charge in [0.2, 0.25) is 10.0 Å². The lowest BCUT2D eigenvalue weighted by atomic mass is 10.0. The van der Waals surface area contributed by atoms with Crippen LogP contribution in [0.5, 0.6) is 0 Å². The van der Waals surface area contributed by atoms with Crippen molar-refractivity contribution in [3.05, 3.63) is 75.4 Å². The molecule has 0 saturated heterocycles. The lowest BCUT2D eigenvalue weighted by molar-refractivity contribution is 0.102. The van der Waals surface area contributed by atoms with Crippen LogP contribution in [0, 0.1) is 0 Å². The Morgan fingerprint density at radius 3 is 2.71 bits per heavy atom. The summed E-state index contributed by atoms with van der Waals surface area (Å²) in [5.74, 6) is 0.217. The minimum absolute atomic E-state index is 0.303. The van der Waals surface area contributed by atoms with Gasteiger partial charge in [0.05, 0.1) is 24.7 Å². The molecule has 1 amide bonds. The van der Waals surface area contributed by atoms with E-state index >= 15 is 0 Å². The van der Waals surface area contributed by atoms with E-state index in [0.29, 0.717) is 46.6 Å². The van der Waals surface area contributed by atoms with Crippen molar-refractivity contribution in [2.24, 2.45) is 0 Å². The third-order valence-electron chi connectivity index (χ3n) is 5.11. The van der Waals surface area contributed by atoms with Crippen LogP contribution >= 0.6 is 23.2 Å². The standard InChI is InChI=1S/C21H20Cl2N4O3S/c1-31(29,30)27-10-2-3-14-11-15(5-7-19(14)27)21(28)25-20-8-9-24-26(20)13-16-4-6-17(22)12-18(16)23/h4-9,11-12H,2-3,10,13H2,1H3,(H,25,28). The minimum Gasteiger partial charge on any atom is -0.307 e. The van der Waals surface area contributed by atoms with Crippen LogP contribution in [0.2, 0.25) is 10.0 Å². The van der Waals surface area contributed by atoms with E-state index in [-0.39, 0.29) is 5.91 Å². The second-order valence-electron chi connectivity index (χ2n) is 7.35. The zero-order chi connectivity index (χ0) is 22.2.